The molecule has 0 heterocycles. The fourth-order valence-corrected chi connectivity index (χ4v) is 4.21. The zero-order valence-corrected chi connectivity index (χ0v) is 24.4. The van der Waals surface area contributed by atoms with Crippen molar-refractivity contribution < 1.29 is 24.6 Å². The van der Waals surface area contributed by atoms with E-state index in [1.54, 1.807) is 19.1 Å². The van der Waals surface area contributed by atoms with Gasteiger partial charge in [-0.05, 0) is 78.7 Å². The van der Waals surface area contributed by atoms with Gasteiger partial charge in [0.25, 0.3) is 5.69 Å². The molecule has 4 aromatic carbocycles. The fraction of sp³-hybridized carbons (Fsp3) is 0.273. The number of nitrogens with one attached hydrogen (secondary N) is 1. The van der Waals surface area contributed by atoms with Crippen molar-refractivity contribution in [2.24, 2.45) is 10.2 Å². The first-order valence-electron chi connectivity index (χ1n) is 13.9. The molecule has 10 nitrogen and oxygen atoms in total. The molecule has 0 fully saturated rings. The lowest BCUT2D eigenvalue weighted by Gasteiger charge is -2.26. The lowest BCUT2D eigenvalue weighted by atomic mass is 9.78. The Labute approximate surface area is 250 Å². The van der Waals surface area contributed by atoms with E-state index in [2.05, 4.69) is 29.4 Å². The number of benzene rings is 4. The third-order valence-corrected chi connectivity index (χ3v) is 6.84. The van der Waals surface area contributed by atoms with Gasteiger partial charge >= 0.3 is 0 Å². The second-order valence-corrected chi connectivity index (χ2v) is 10.7. The van der Waals surface area contributed by atoms with Gasteiger partial charge in [-0.15, -0.1) is 0 Å². The normalized spacial score (nSPS) is 13.0. The second kappa shape index (κ2) is 14.4. The van der Waals surface area contributed by atoms with Crippen LogP contribution in [0.4, 0.5) is 22.7 Å². The monoisotopic (exact) mass is 584 g/mol. The van der Waals surface area contributed by atoms with E-state index in [1.807, 2.05) is 60.7 Å². The van der Waals surface area contributed by atoms with Crippen LogP contribution >= 0.6 is 0 Å². The number of non-ortho nitro benzene ring substituents is 1. The first kappa shape index (κ1) is 31.1. The number of azo groups is 1. The summed E-state index contributed by atoms with van der Waals surface area (Å²) in [6, 6.07) is 28.8. The van der Waals surface area contributed by atoms with Crippen LogP contribution in [0.15, 0.2) is 107 Å². The summed E-state index contributed by atoms with van der Waals surface area (Å²) in [5.41, 5.74) is 3.95. The number of rotatable bonds is 14. The Hall–Kier alpha value is -4.80. The summed E-state index contributed by atoms with van der Waals surface area (Å²) in [5.74, 6) is 1.39. The van der Waals surface area contributed by atoms with Gasteiger partial charge in [-0.25, -0.2) is 0 Å². The standard InChI is InChI=1S/C33H36N4O6/c1-23(38)21-42-31-16-4-24(5-17-31)33(2,3)25-6-18-32(19-7-25)43-22-30(39)20-34-26-8-10-27(11-9-26)35-36-28-12-14-29(15-13-28)37(40)41/h4-19,23,30,34,38-39H,20-22H2,1-3H3. The zero-order chi connectivity index (χ0) is 30.8. The van der Waals surface area contributed by atoms with Crippen LogP contribution in [-0.2, 0) is 5.41 Å². The molecule has 0 bridgehead atoms. The molecule has 43 heavy (non-hydrogen) atoms. The second-order valence-electron chi connectivity index (χ2n) is 10.7. The Morgan fingerprint density at radius 2 is 1.23 bits per heavy atom. The summed E-state index contributed by atoms with van der Waals surface area (Å²) in [6.45, 7) is 6.67. The number of nitrogens with zero attached hydrogens (tertiary/aromatic N) is 3. The van der Waals surface area contributed by atoms with Gasteiger partial charge in [0.05, 0.1) is 22.4 Å². The summed E-state index contributed by atoms with van der Waals surface area (Å²) in [7, 11) is 0. The van der Waals surface area contributed by atoms with Crippen molar-refractivity contribution in [2.75, 3.05) is 25.1 Å². The molecule has 0 saturated heterocycles. The van der Waals surface area contributed by atoms with E-state index < -0.39 is 17.1 Å². The number of nitro benzene ring substituents is 1. The Balaban J connectivity index is 1.22. The number of nitro groups is 1. The number of aliphatic hydroxyl groups is 2. The van der Waals surface area contributed by atoms with E-state index in [9.17, 15) is 20.3 Å². The molecule has 10 heteroatoms. The first-order valence-corrected chi connectivity index (χ1v) is 13.9. The molecule has 2 unspecified atom stereocenters. The van der Waals surface area contributed by atoms with Gasteiger partial charge in [0.1, 0.15) is 30.8 Å². The van der Waals surface area contributed by atoms with Crippen LogP contribution in [0, 0.1) is 10.1 Å². The highest BCUT2D eigenvalue weighted by atomic mass is 16.6. The zero-order valence-electron chi connectivity index (χ0n) is 24.4. The van der Waals surface area contributed by atoms with E-state index in [-0.39, 0.29) is 24.3 Å². The van der Waals surface area contributed by atoms with E-state index in [1.165, 1.54) is 24.3 Å². The average Bonchev–Trinajstić information content (AvgIpc) is 3.02. The van der Waals surface area contributed by atoms with Gasteiger partial charge in [0.2, 0.25) is 0 Å². The topological polar surface area (TPSA) is 139 Å². The summed E-state index contributed by atoms with van der Waals surface area (Å²) >= 11 is 0. The molecule has 4 rings (SSSR count). The fourth-order valence-electron chi connectivity index (χ4n) is 4.21. The Morgan fingerprint density at radius 3 is 1.70 bits per heavy atom. The van der Waals surface area contributed by atoms with Crippen molar-refractivity contribution in [3.8, 4) is 11.5 Å². The summed E-state index contributed by atoms with van der Waals surface area (Å²) in [5, 5.41) is 42.0. The van der Waals surface area contributed by atoms with E-state index in [0.29, 0.717) is 23.7 Å². The minimum atomic E-state index is -0.729. The minimum Gasteiger partial charge on any atom is -0.491 e. The lowest BCUT2D eigenvalue weighted by molar-refractivity contribution is -0.384. The Bertz CT molecular complexity index is 1490. The van der Waals surface area contributed by atoms with Crippen LogP contribution in [0.1, 0.15) is 31.9 Å². The molecular weight excluding hydrogens is 548 g/mol. The highest BCUT2D eigenvalue weighted by Crippen LogP contribution is 2.33. The van der Waals surface area contributed by atoms with Gasteiger partial charge in [0, 0.05) is 29.8 Å². The molecule has 0 radical (unpaired) electrons. The van der Waals surface area contributed by atoms with Crippen LogP contribution < -0.4 is 14.8 Å². The van der Waals surface area contributed by atoms with Gasteiger partial charge in [-0.1, -0.05) is 38.1 Å². The van der Waals surface area contributed by atoms with Crippen molar-refractivity contribution in [1.29, 1.82) is 0 Å². The van der Waals surface area contributed by atoms with Crippen LogP contribution in [0.5, 0.6) is 11.5 Å². The van der Waals surface area contributed by atoms with Crippen molar-refractivity contribution in [3.05, 3.63) is 118 Å². The van der Waals surface area contributed by atoms with E-state index in [4.69, 9.17) is 9.47 Å². The number of hydrogen-bond acceptors (Lipinski definition) is 9. The molecule has 0 amide bonds. The molecule has 3 N–H and O–H groups in total. The maximum atomic E-state index is 10.8. The highest BCUT2D eigenvalue weighted by Gasteiger charge is 2.23. The van der Waals surface area contributed by atoms with E-state index >= 15 is 0 Å². The smallest absolute Gasteiger partial charge is 0.269 e. The van der Waals surface area contributed by atoms with Gasteiger partial charge in [0.15, 0.2) is 0 Å². The maximum Gasteiger partial charge on any atom is 0.269 e. The SMILES string of the molecule is CC(O)COc1ccc(C(C)(C)c2ccc(OCC(O)CNc3ccc(N=Nc4ccc([N+](=O)[O-])cc4)cc3)cc2)cc1. The molecule has 2 atom stereocenters. The predicted octanol–water partition coefficient (Wildman–Crippen LogP) is 6.95. The molecule has 0 spiro atoms. The molecule has 4 aromatic rings. The molecule has 0 saturated carbocycles. The molecule has 224 valence electrons. The molecule has 0 aliphatic carbocycles. The Kier molecular flexibility index (Phi) is 10.4. The molecule has 0 aromatic heterocycles. The summed E-state index contributed by atoms with van der Waals surface area (Å²) in [4.78, 5) is 10.3. The molecular formula is C33H36N4O6. The van der Waals surface area contributed by atoms with Crippen LogP contribution in [0.25, 0.3) is 0 Å². The minimum absolute atomic E-state index is 0.000428. The largest absolute Gasteiger partial charge is 0.491 e. The van der Waals surface area contributed by atoms with Crippen LogP contribution in [0.2, 0.25) is 0 Å². The first-order chi connectivity index (χ1) is 20.6. The van der Waals surface area contributed by atoms with Crippen molar-refractivity contribution in [3.63, 3.8) is 0 Å². The van der Waals surface area contributed by atoms with E-state index in [0.717, 1.165) is 22.6 Å². The molecule has 0 aliphatic heterocycles. The van der Waals surface area contributed by atoms with Crippen molar-refractivity contribution in [1.82, 2.24) is 0 Å². The summed E-state index contributed by atoms with van der Waals surface area (Å²) < 4.78 is 11.4. The van der Waals surface area contributed by atoms with Crippen molar-refractivity contribution >= 4 is 22.7 Å². The Morgan fingerprint density at radius 1 is 0.767 bits per heavy atom. The lowest BCUT2D eigenvalue weighted by Crippen LogP contribution is -2.26. The predicted molar refractivity (Wildman–Crippen MR) is 166 cm³/mol. The van der Waals surface area contributed by atoms with Crippen molar-refractivity contribution in [2.45, 2.75) is 38.4 Å². The number of ether oxygens (including phenoxy) is 2. The quantitative estimate of drug-likeness (QED) is 0.0828. The number of aliphatic hydroxyl groups excluding tert-OH is 2. The van der Waals surface area contributed by atoms with Crippen LogP contribution in [-0.4, -0.2) is 47.1 Å². The highest BCUT2D eigenvalue weighted by molar-refractivity contribution is 5.51. The third kappa shape index (κ3) is 9.09. The number of hydrogen-bond donors (Lipinski definition) is 3. The molecule has 0 aliphatic rings. The average molecular weight is 585 g/mol. The third-order valence-electron chi connectivity index (χ3n) is 6.84. The number of anilines is 1. The maximum absolute atomic E-state index is 10.8. The van der Waals surface area contributed by atoms with Gasteiger partial charge in [-0.3, -0.25) is 10.1 Å². The van der Waals surface area contributed by atoms with Gasteiger partial charge in [-0.2, -0.15) is 10.2 Å². The van der Waals surface area contributed by atoms with Gasteiger partial charge < -0.3 is 25.0 Å². The van der Waals surface area contributed by atoms with Crippen LogP contribution in [0.3, 0.4) is 0 Å². The summed E-state index contributed by atoms with van der Waals surface area (Å²) in [6.07, 6.45) is -1.25.